The number of benzene rings is 1. The van der Waals surface area contributed by atoms with Gasteiger partial charge >= 0.3 is 0 Å². The average molecular weight is 271 g/mol. The summed E-state index contributed by atoms with van der Waals surface area (Å²) < 4.78 is 19.0. The van der Waals surface area contributed by atoms with Crippen LogP contribution in [0, 0.1) is 12.7 Å². The number of hydrogen-bond donors (Lipinski definition) is 1. The molecule has 0 spiro atoms. The summed E-state index contributed by atoms with van der Waals surface area (Å²) in [5.41, 5.74) is 6.58. The van der Waals surface area contributed by atoms with Gasteiger partial charge in [-0.15, -0.1) is 0 Å². The lowest BCUT2D eigenvalue weighted by Gasteiger charge is -2.02. The molecule has 0 unspecified atom stereocenters. The van der Waals surface area contributed by atoms with Crippen molar-refractivity contribution in [2.45, 2.75) is 6.92 Å². The minimum Gasteiger partial charge on any atom is -0.381 e. The Kier molecular flexibility index (Phi) is 2.48. The van der Waals surface area contributed by atoms with Crippen LogP contribution in [-0.2, 0) is 0 Å². The lowest BCUT2D eigenvalue weighted by molar-refractivity contribution is 0.435. The van der Waals surface area contributed by atoms with E-state index in [0.717, 1.165) is 0 Å². The van der Waals surface area contributed by atoms with Crippen molar-refractivity contribution in [3.8, 4) is 11.3 Å². The van der Waals surface area contributed by atoms with Crippen molar-refractivity contribution >= 4 is 21.7 Å². The highest BCUT2D eigenvalue weighted by atomic mass is 79.9. The van der Waals surface area contributed by atoms with Gasteiger partial charge in [-0.2, -0.15) is 0 Å². The normalized spacial score (nSPS) is 10.6. The summed E-state index contributed by atoms with van der Waals surface area (Å²) in [4.78, 5) is 0. The Morgan fingerprint density at radius 2 is 2.13 bits per heavy atom. The third-order valence-electron chi connectivity index (χ3n) is 2.09. The standard InChI is InChI=1S/C10H8BrFN2O/c1-5-7(11)2-6(3-8(5)12)9-4-10(13)14-15-9/h2-4H,1H3,(H2,13,14). The fraction of sp³-hybridized carbons (Fsp3) is 0.100. The van der Waals surface area contributed by atoms with Crippen LogP contribution in [0.3, 0.4) is 0 Å². The van der Waals surface area contributed by atoms with Gasteiger partial charge in [-0.05, 0) is 24.6 Å². The van der Waals surface area contributed by atoms with Gasteiger partial charge in [0.15, 0.2) is 11.6 Å². The van der Waals surface area contributed by atoms with Crippen molar-refractivity contribution in [2.24, 2.45) is 0 Å². The maximum atomic E-state index is 13.4. The molecule has 5 heteroatoms. The molecule has 0 saturated heterocycles. The molecule has 0 radical (unpaired) electrons. The smallest absolute Gasteiger partial charge is 0.169 e. The van der Waals surface area contributed by atoms with Gasteiger partial charge in [0, 0.05) is 16.1 Å². The maximum Gasteiger partial charge on any atom is 0.169 e. The molecule has 0 amide bonds. The van der Waals surface area contributed by atoms with Crippen LogP contribution in [0.15, 0.2) is 27.2 Å². The van der Waals surface area contributed by atoms with Crippen LogP contribution in [0.2, 0.25) is 0 Å². The number of nitrogen functional groups attached to an aromatic ring is 1. The molecule has 2 rings (SSSR count). The van der Waals surface area contributed by atoms with Crippen LogP contribution in [0.1, 0.15) is 5.56 Å². The molecule has 0 aliphatic heterocycles. The highest BCUT2D eigenvalue weighted by molar-refractivity contribution is 9.10. The second-order valence-corrected chi connectivity index (χ2v) is 4.04. The van der Waals surface area contributed by atoms with E-state index >= 15 is 0 Å². The fourth-order valence-corrected chi connectivity index (χ4v) is 1.65. The summed E-state index contributed by atoms with van der Waals surface area (Å²) in [5, 5.41) is 3.54. The van der Waals surface area contributed by atoms with E-state index in [0.29, 0.717) is 21.4 Å². The second-order valence-electron chi connectivity index (χ2n) is 3.18. The molecule has 1 aromatic heterocycles. The minimum absolute atomic E-state index is 0.280. The quantitative estimate of drug-likeness (QED) is 0.866. The van der Waals surface area contributed by atoms with E-state index in [1.165, 1.54) is 6.07 Å². The monoisotopic (exact) mass is 270 g/mol. The molecule has 0 bridgehead atoms. The van der Waals surface area contributed by atoms with Crippen LogP contribution in [-0.4, -0.2) is 5.16 Å². The Morgan fingerprint density at radius 3 is 2.67 bits per heavy atom. The first kappa shape index (κ1) is 10.2. The van der Waals surface area contributed by atoms with Gasteiger partial charge in [-0.1, -0.05) is 21.1 Å². The number of nitrogens with zero attached hydrogens (tertiary/aromatic N) is 1. The molecule has 2 aromatic rings. The van der Waals surface area contributed by atoms with Crippen LogP contribution in [0.5, 0.6) is 0 Å². The molecule has 0 aliphatic carbocycles. The first-order valence-electron chi connectivity index (χ1n) is 4.26. The second kappa shape index (κ2) is 3.66. The highest BCUT2D eigenvalue weighted by Gasteiger charge is 2.10. The van der Waals surface area contributed by atoms with Crippen molar-refractivity contribution < 1.29 is 8.91 Å². The predicted molar refractivity (Wildman–Crippen MR) is 58.7 cm³/mol. The number of aromatic nitrogens is 1. The Balaban J connectivity index is 2.55. The Labute approximate surface area is 94.2 Å². The molecule has 0 saturated carbocycles. The summed E-state index contributed by atoms with van der Waals surface area (Å²) >= 11 is 3.27. The van der Waals surface area contributed by atoms with E-state index < -0.39 is 0 Å². The number of hydrogen-bond acceptors (Lipinski definition) is 3. The molecule has 78 valence electrons. The summed E-state index contributed by atoms with van der Waals surface area (Å²) in [6.07, 6.45) is 0. The largest absolute Gasteiger partial charge is 0.381 e. The van der Waals surface area contributed by atoms with Gasteiger partial charge in [0.25, 0.3) is 0 Å². The predicted octanol–water partition coefficient (Wildman–Crippen LogP) is 3.13. The molecular weight excluding hydrogens is 263 g/mol. The van der Waals surface area contributed by atoms with E-state index in [9.17, 15) is 4.39 Å². The zero-order valence-electron chi connectivity index (χ0n) is 7.92. The van der Waals surface area contributed by atoms with Crippen molar-refractivity contribution in [3.63, 3.8) is 0 Å². The van der Waals surface area contributed by atoms with Crippen molar-refractivity contribution in [2.75, 3.05) is 5.73 Å². The van der Waals surface area contributed by atoms with E-state index in [1.54, 1.807) is 19.1 Å². The highest BCUT2D eigenvalue weighted by Crippen LogP contribution is 2.28. The van der Waals surface area contributed by atoms with Crippen LogP contribution >= 0.6 is 15.9 Å². The van der Waals surface area contributed by atoms with Crippen LogP contribution in [0.25, 0.3) is 11.3 Å². The van der Waals surface area contributed by atoms with E-state index in [2.05, 4.69) is 21.1 Å². The van der Waals surface area contributed by atoms with E-state index in [-0.39, 0.29) is 11.6 Å². The number of halogens is 2. The Hall–Kier alpha value is -1.36. The van der Waals surface area contributed by atoms with Gasteiger partial charge in [0.2, 0.25) is 0 Å². The third kappa shape index (κ3) is 1.87. The summed E-state index contributed by atoms with van der Waals surface area (Å²) in [7, 11) is 0. The molecular formula is C10H8BrFN2O. The van der Waals surface area contributed by atoms with E-state index in [4.69, 9.17) is 10.3 Å². The minimum atomic E-state index is -0.297. The molecule has 1 aromatic carbocycles. The molecule has 15 heavy (non-hydrogen) atoms. The summed E-state index contributed by atoms with van der Waals surface area (Å²) in [6, 6.07) is 4.70. The van der Waals surface area contributed by atoms with Gasteiger partial charge in [0.05, 0.1) is 0 Å². The number of nitrogens with two attached hydrogens (primary N) is 1. The molecule has 0 fully saturated rings. The average Bonchev–Trinajstić information content (AvgIpc) is 2.60. The maximum absolute atomic E-state index is 13.4. The van der Waals surface area contributed by atoms with Gasteiger partial charge in [0.1, 0.15) is 5.82 Å². The van der Waals surface area contributed by atoms with Crippen LogP contribution < -0.4 is 5.73 Å². The van der Waals surface area contributed by atoms with Crippen molar-refractivity contribution in [1.82, 2.24) is 5.16 Å². The van der Waals surface area contributed by atoms with E-state index in [1.807, 2.05) is 0 Å². The molecule has 2 N–H and O–H groups in total. The topological polar surface area (TPSA) is 52.0 Å². The third-order valence-corrected chi connectivity index (χ3v) is 2.92. The van der Waals surface area contributed by atoms with Gasteiger partial charge in [-0.25, -0.2) is 4.39 Å². The lowest BCUT2D eigenvalue weighted by atomic mass is 10.1. The molecule has 0 aliphatic rings. The first-order chi connectivity index (χ1) is 7.08. The summed E-state index contributed by atoms with van der Waals surface area (Å²) in [6.45, 7) is 1.69. The Morgan fingerprint density at radius 1 is 1.40 bits per heavy atom. The number of anilines is 1. The lowest BCUT2D eigenvalue weighted by Crippen LogP contribution is -1.86. The molecule has 0 atom stereocenters. The Bertz CT molecular complexity index is 487. The van der Waals surface area contributed by atoms with Crippen LogP contribution in [0.4, 0.5) is 10.2 Å². The molecule has 1 heterocycles. The zero-order chi connectivity index (χ0) is 11.0. The molecule has 3 nitrogen and oxygen atoms in total. The number of rotatable bonds is 1. The van der Waals surface area contributed by atoms with Crippen molar-refractivity contribution in [3.05, 3.63) is 34.1 Å². The van der Waals surface area contributed by atoms with Gasteiger partial charge in [-0.3, -0.25) is 0 Å². The van der Waals surface area contributed by atoms with Crippen molar-refractivity contribution in [1.29, 1.82) is 0 Å². The zero-order valence-corrected chi connectivity index (χ0v) is 9.51. The first-order valence-corrected chi connectivity index (χ1v) is 5.05. The fourth-order valence-electron chi connectivity index (χ4n) is 1.21. The summed E-state index contributed by atoms with van der Waals surface area (Å²) in [5.74, 6) is 0.434. The SMILES string of the molecule is Cc1c(F)cc(-c2cc(N)no2)cc1Br. The van der Waals surface area contributed by atoms with Gasteiger partial charge < -0.3 is 10.3 Å².